The maximum Gasteiger partial charge on any atom is 0.225 e. The van der Waals surface area contributed by atoms with Crippen LogP contribution in [0, 0.1) is 5.92 Å². The summed E-state index contributed by atoms with van der Waals surface area (Å²) in [6.45, 7) is 3.65. The molecule has 6 heteroatoms. The van der Waals surface area contributed by atoms with E-state index in [0.29, 0.717) is 19.7 Å². The van der Waals surface area contributed by atoms with Crippen molar-refractivity contribution in [3.05, 3.63) is 10.4 Å². The molecule has 90 valence electrons. The Morgan fingerprint density at radius 2 is 2.44 bits per heavy atom. The number of hydrogen-bond donors (Lipinski definition) is 1. The van der Waals surface area contributed by atoms with Crippen molar-refractivity contribution in [1.82, 2.24) is 5.32 Å². The van der Waals surface area contributed by atoms with Gasteiger partial charge in [-0.1, -0.05) is 5.11 Å². The summed E-state index contributed by atoms with van der Waals surface area (Å²) >= 11 is 0. The molecule has 0 radical (unpaired) electrons. The van der Waals surface area contributed by atoms with Crippen molar-refractivity contribution in [1.29, 1.82) is 0 Å². The molecule has 0 spiro atoms. The van der Waals surface area contributed by atoms with E-state index in [9.17, 15) is 4.79 Å². The Hall–Kier alpha value is -1.26. The van der Waals surface area contributed by atoms with Crippen LogP contribution < -0.4 is 5.32 Å². The maximum atomic E-state index is 11.6. The third-order valence-electron chi connectivity index (χ3n) is 2.62. The Morgan fingerprint density at radius 1 is 1.62 bits per heavy atom. The second kappa shape index (κ2) is 7.09. The monoisotopic (exact) mass is 226 g/mol. The Morgan fingerprint density at radius 3 is 3.06 bits per heavy atom. The summed E-state index contributed by atoms with van der Waals surface area (Å²) in [4.78, 5) is 14.3. The van der Waals surface area contributed by atoms with Gasteiger partial charge in [0.15, 0.2) is 0 Å². The van der Waals surface area contributed by atoms with Crippen LogP contribution in [0.15, 0.2) is 5.11 Å². The molecule has 1 N–H and O–H groups in total. The van der Waals surface area contributed by atoms with Crippen molar-refractivity contribution in [3.8, 4) is 0 Å². The molecule has 6 nitrogen and oxygen atoms in total. The predicted octanol–water partition coefficient (Wildman–Crippen LogP) is 1.62. The second-order valence-corrected chi connectivity index (χ2v) is 4.03. The Bertz CT molecular complexity index is 276. The SMILES string of the molecule is CC1CC(C(=O)NCCCCN=[N+]=[N-])CO1. The van der Waals surface area contributed by atoms with Crippen LogP contribution in [-0.4, -0.2) is 31.7 Å². The third-order valence-corrected chi connectivity index (χ3v) is 2.62. The number of nitrogens with zero attached hydrogens (tertiary/aromatic N) is 3. The van der Waals surface area contributed by atoms with Crippen molar-refractivity contribution < 1.29 is 9.53 Å². The van der Waals surface area contributed by atoms with Crippen LogP contribution >= 0.6 is 0 Å². The fourth-order valence-corrected chi connectivity index (χ4v) is 1.71. The van der Waals surface area contributed by atoms with Crippen LogP contribution in [0.2, 0.25) is 0 Å². The van der Waals surface area contributed by atoms with Crippen LogP contribution in [0.5, 0.6) is 0 Å². The molecule has 0 aliphatic carbocycles. The van der Waals surface area contributed by atoms with E-state index in [1.54, 1.807) is 0 Å². The molecule has 1 aliphatic heterocycles. The molecule has 1 aliphatic rings. The van der Waals surface area contributed by atoms with Crippen LogP contribution in [-0.2, 0) is 9.53 Å². The molecule has 1 fully saturated rings. The summed E-state index contributed by atoms with van der Waals surface area (Å²) in [5.41, 5.74) is 8.05. The molecular weight excluding hydrogens is 208 g/mol. The number of unbranched alkanes of at least 4 members (excludes halogenated alkanes) is 1. The number of carbonyl (C=O) groups is 1. The van der Waals surface area contributed by atoms with Crippen molar-refractivity contribution in [2.24, 2.45) is 11.0 Å². The molecule has 2 atom stereocenters. The first-order valence-electron chi connectivity index (χ1n) is 5.64. The van der Waals surface area contributed by atoms with E-state index >= 15 is 0 Å². The lowest BCUT2D eigenvalue weighted by Crippen LogP contribution is -2.31. The van der Waals surface area contributed by atoms with E-state index in [2.05, 4.69) is 15.3 Å². The normalized spacial score (nSPS) is 23.8. The topological polar surface area (TPSA) is 87.1 Å². The van der Waals surface area contributed by atoms with E-state index in [-0.39, 0.29) is 17.9 Å². The molecule has 0 bridgehead atoms. The second-order valence-electron chi connectivity index (χ2n) is 4.03. The van der Waals surface area contributed by atoms with E-state index < -0.39 is 0 Å². The molecule has 0 saturated carbocycles. The largest absolute Gasteiger partial charge is 0.378 e. The molecule has 0 aromatic heterocycles. The third kappa shape index (κ3) is 4.51. The summed E-state index contributed by atoms with van der Waals surface area (Å²) < 4.78 is 5.33. The highest BCUT2D eigenvalue weighted by molar-refractivity contribution is 5.79. The Labute approximate surface area is 95.0 Å². The van der Waals surface area contributed by atoms with Gasteiger partial charge in [-0.2, -0.15) is 0 Å². The van der Waals surface area contributed by atoms with Gasteiger partial charge in [-0.3, -0.25) is 4.79 Å². The number of rotatable bonds is 6. The summed E-state index contributed by atoms with van der Waals surface area (Å²) in [5.74, 6) is 0.0836. The number of nitrogens with one attached hydrogen (secondary N) is 1. The van der Waals surface area contributed by atoms with Gasteiger partial charge < -0.3 is 10.1 Å². The molecule has 16 heavy (non-hydrogen) atoms. The zero-order valence-corrected chi connectivity index (χ0v) is 9.56. The summed E-state index contributed by atoms with van der Waals surface area (Å²) in [6, 6.07) is 0. The molecule has 1 saturated heterocycles. The van der Waals surface area contributed by atoms with Crippen molar-refractivity contribution in [3.63, 3.8) is 0 Å². The zero-order valence-electron chi connectivity index (χ0n) is 9.56. The molecule has 0 aromatic carbocycles. The number of hydrogen-bond acceptors (Lipinski definition) is 3. The summed E-state index contributed by atoms with van der Waals surface area (Å²) in [7, 11) is 0. The maximum absolute atomic E-state index is 11.6. The predicted molar refractivity (Wildman–Crippen MR) is 59.8 cm³/mol. The van der Waals surface area contributed by atoms with Gasteiger partial charge in [-0.15, -0.1) is 0 Å². The fourth-order valence-electron chi connectivity index (χ4n) is 1.71. The molecule has 2 unspecified atom stereocenters. The number of carbonyl (C=O) groups excluding carboxylic acids is 1. The van der Waals surface area contributed by atoms with Gasteiger partial charge in [-0.25, -0.2) is 0 Å². The van der Waals surface area contributed by atoms with Gasteiger partial charge in [0, 0.05) is 18.0 Å². The minimum atomic E-state index is 0.00660. The number of azide groups is 1. The van der Waals surface area contributed by atoms with E-state index in [1.165, 1.54) is 0 Å². The quantitative estimate of drug-likeness (QED) is 0.323. The first-order valence-corrected chi connectivity index (χ1v) is 5.64. The number of ether oxygens (including phenoxy) is 1. The lowest BCUT2D eigenvalue weighted by atomic mass is 10.1. The highest BCUT2D eigenvalue weighted by atomic mass is 16.5. The lowest BCUT2D eigenvalue weighted by molar-refractivity contribution is -0.124. The summed E-state index contributed by atoms with van der Waals surface area (Å²) in [6.07, 6.45) is 2.65. The minimum Gasteiger partial charge on any atom is -0.378 e. The van der Waals surface area contributed by atoms with Crippen molar-refractivity contribution in [2.45, 2.75) is 32.3 Å². The summed E-state index contributed by atoms with van der Waals surface area (Å²) in [5, 5.41) is 6.29. The fraction of sp³-hybridized carbons (Fsp3) is 0.900. The lowest BCUT2D eigenvalue weighted by Gasteiger charge is -2.08. The molecule has 0 aromatic rings. The molecule has 1 amide bonds. The van der Waals surface area contributed by atoms with Gasteiger partial charge in [0.2, 0.25) is 5.91 Å². The highest BCUT2D eigenvalue weighted by Crippen LogP contribution is 2.18. The van der Waals surface area contributed by atoms with Gasteiger partial charge in [-0.05, 0) is 31.7 Å². The van der Waals surface area contributed by atoms with Crippen molar-refractivity contribution in [2.75, 3.05) is 19.7 Å². The van der Waals surface area contributed by atoms with Crippen LogP contribution in [0.25, 0.3) is 10.4 Å². The Kier molecular flexibility index (Phi) is 5.67. The van der Waals surface area contributed by atoms with Gasteiger partial charge >= 0.3 is 0 Å². The standard InChI is InChI=1S/C10H18N4O2/c1-8-6-9(7-16-8)10(15)12-4-2-3-5-13-14-11/h8-9H,2-7H2,1H3,(H,12,15). The van der Waals surface area contributed by atoms with Crippen LogP contribution in [0.4, 0.5) is 0 Å². The zero-order chi connectivity index (χ0) is 11.8. The smallest absolute Gasteiger partial charge is 0.225 e. The van der Waals surface area contributed by atoms with Gasteiger partial charge in [0.25, 0.3) is 0 Å². The van der Waals surface area contributed by atoms with Gasteiger partial charge in [0.05, 0.1) is 18.6 Å². The van der Waals surface area contributed by atoms with E-state index in [0.717, 1.165) is 19.3 Å². The molecule has 1 heterocycles. The average Bonchev–Trinajstić information content (AvgIpc) is 2.70. The van der Waals surface area contributed by atoms with Crippen LogP contribution in [0.3, 0.4) is 0 Å². The Balaban J connectivity index is 2.04. The first-order chi connectivity index (χ1) is 7.74. The highest BCUT2D eigenvalue weighted by Gasteiger charge is 2.27. The number of amides is 1. The van der Waals surface area contributed by atoms with Crippen LogP contribution in [0.1, 0.15) is 26.2 Å². The van der Waals surface area contributed by atoms with E-state index in [4.69, 9.17) is 10.3 Å². The van der Waals surface area contributed by atoms with Crippen molar-refractivity contribution >= 4 is 5.91 Å². The molecular formula is C10H18N4O2. The average molecular weight is 226 g/mol. The van der Waals surface area contributed by atoms with E-state index in [1.807, 2.05) is 6.92 Å². The first kappa shape index (κ1) is 12.8. The minimum absolute atomic E-state index is 0.00660. The molecule has 1 rings (SSSR count). The van der Waals surface area contributed by atoms with Gasteiger partial charge in [0.1, 0.15) is 0 Å².